The number of phenolic OH excluding ortho intramolecular Hbond substituents is 1. The Morgan fingerprint density at radius 3 is 2.16 bits per heavy atom. The summed E-state index contributed by atoms with van der Waals surface area (Å²) in [5.41, 5.74) is 1.57. The van der Waals surface area contributed by atoms with Crippen molar-refractivity contribution in [3.05, 3.63) is 43.2 Å². The van der Waals surface area contributed by atoms with Gasteiger partial charge in [0.25, 0.3) is 0 Å². The van der Waals surface area contributed by atoms with E-state index in [9.17, 15) is 4.79 Å². The van der Waals surface area contributed by atoms with E-state index in [-0.39, 0.29) is 36.1 Å². The van der Waals surface area contributed by atoms with E-state index >= 15 is 0 Å². The monoisotopic (exact) mass is 256 g/mol. The Kier molecular flexibility index (Phi) is 9.56. The number of phenols is 1. The van der Waals surface area contributed by atoms with Crippen molar-refractivity contribution in [2.45, 2.75) is 39.2 Å². The van der Waals surface area contributed by atoms with Gasteiger partial charge < -0.3 is 21.6 Å². The van der Waals surface area contributed by atoms with Crippen LogP contribution in [0.5, 0.6) is 5.75 Å². The molecule has 0 aliphatic heterocycles. The van der Waals surface area contributed by atoms with E-state index in [0.717, 1.165) is 11.1 Å². The van der Waals surface area contributed by atoms with Gasteiger partial charge in [-0.05, 0) is 26.8 Å². The summed E-state index contributed by atoms with van der Waals surface area (Å²) in [6, 6.07) is 5.16. The van der Waals surface area contributed by atoms with Crippen molar-refractivity contribution in [2.24, 2.45) is 0 Å². The second-order valence-corrected chi connectivity index (χ2v) is 5.08. The van der Waals surface area contributed by atoms with Gasteiger partial charge in [0, 0.05) is 0 Å². The smallest absolute Gasteiger partial charge is 0.649 e. The predicted octanol–water partition coefficient (Wildman–Crippen LogP) is 0.385. The summed E-state index contributed by atoms with van der Waals surface area (Å²) in [5, 5.41) is 9.06. The van der Waals surface area contributed by atoms with Crippen LogP contribution >= 0.6 is 0 Å². The van der Waals surface area contributed by atoms with E-state index in [2.05, 4.69) is 18.6 Å². The average molecular weight is 256 g/mol. The van der Waals surface area contributed by atoms with Crippen LogP contribution in [-0.2, 0) is 9.53 Å². The minimum Gasteiger partial charge on any atom is -0.649 e. The first-order chi connectivity index (χ1) is 8.17. The van der Waals surface area contributed by atoms with Crippen LogP contribution in [0.4, 0.5) is 0 Å². The molecule has 0 spiro atoms. The summed E-state index contributed by atoms with van der Waals surface area (Å²) in [5.74, 6) is 0.488. The fourth-order valence-corrected chi connectivity index (χ4v) is 1.20. The van der Waals surface area contributed by atoms with Crippen molar-refractivity contribution in [3.63, 3.8) is 0 Å². The number of carbonyl (C=O) groups excluding carboxylic acids is 1. The first-order valence-corrected chi connectivity index (χ1v) is 5.70. The molecule has 1 N–H and O–H groups in total. The molecule has 1 aromatic carbocycles. The molecule has 1 aromatic rings. The Morgan fingerprint density at radius 1 is 1.37 bits per heavy atom. The fraction of sp³-hybridized carbons (Fsp3) is 0.400. The summed E-state index contributed by atoms with van der Waals surface area (Å²) < 4.78 is 4.42. The van der Waals surface area contributed by atoms with E-state index in [1.807, 2.05) is 13.0 Å². The Balaban J connectivity index is 0. The number of rotatable bonds is 2. The second-order valence-electron chi connectivity index (χ2n) is 5.08. The maximum absolute atomic E-state index is 9.47. The molecule has 0 heterocycles. The number of hydrogen-bond donors (Lipinski definition) is 1. The van der Waals surface area contributed by atoms with Gasteiger partial charge in [0.2, 0.25) is 0 Å². The normalized spacial score (nSPS) is 11.4. The van der Waals surface area contributed by atoms with Gasteiger partial charge in [-0.1, -0.05) is 13.4 Å². The third-order valence-electron chi connectivity index (χ3n) is 2.01. The van der Waals surface area contributed by atoms with Gasteiger partial charge in [0.05, 0.1) is 11.4 Å². The third-order valence-corrected chi connectivity index (χ3v) is 2.01. The first-order valence-electron chi connectivity index (χ1n) is 5.70. The minimum absolute atomic E-state index is 0. The molecule has 0 radical (unpaired) electrons. The SMILES string of the molecule is CC(C)(C)O[C-]=O.[CH2-]c1cc(O)ccc1C([CH2-])C.[Li+]. The number of ether oxygens (including phenoxy) is 1. The molecule has 102 valence electrons. The van der Waals surface area contributed by atoms with E-state index in [1.54, 1.807) is 32.9 Å². The predicted molar refractivity (Wildman–Crippen MR) is 72.9 cm³/mol. The molecule has 0 saturated heterocycles. The quantitative estimate of drug-likeness (QED) is 0.615. The molecule has 0 amide bonds. The zero-order valence-corrected chi connectivity index (χ0v) is 12.5. The van der Waals surface area contributed by atoms with Crippen LogP contribution in [0.15, 0.2) is 18.2 Å². The van der Waals surface area contributed by atoms with Crippen molar-refractivity contribution in [1.29, 1.82) is 0 Å². The summed E-state index contributed by atoms with van der Waals surface area (Å²) in [6.45, 7) is 16.4. The molecule has 0 aliphatic carbocycles. The van der Waals surface area contributed by atoms with Crippen LogP contribution in [0, 0.1) is 13.8 Å². The van der Waals surface area contributed by atoms with Crippen molar-refractivity contribution in [1.82, 2.24) is 0 Å². The summed E-state index contributed by atoms with van der Waals surface area (Å²) in [6.07, 6.45) is 0. The molecule has 0 bridgehead atoms. The molecule has 3 nitrogen and oxygen atoms in total. The molecule has 4 heteroatoms. The minimum atomic E-state index is -0.373. The standard InChI is InChI=1S/C10H12O.C5H9O2.Li/c1-7(2)10-5-4-9(11)6-8(10)3;1-5(2,3)7-4-6;/h4-7,11H,1,3H2,2H3;1-3H3;/q-2;-1;+1. The second kappa shape index (κ2) is 8.96. The van der Waals surface area contributed by atoms with E-state index in [4.69, 9.17) is 5.11 Å². The topological polar surface area (TPSA) is 46.5 Å². The van der Waals surface area contributed by atoms with Gasteiger partial charge in [-0.2, -0.15) is 24.0 Å². The van der Waals surface area contributed by atoms with Crippen LogP contribution in [0.3, 0.4) is 0 Å². The Morgan fingerprint density at radius 2 is 1.89 bits per heavy atom. The van der Waals surface area contributed by atoms with E-state index in [0.29, 0.717) is 0 Å². The van der Waals surface area contributed by atoms with Crippen molar-refractivity contribution < 1.29 is 33.5 Å². The van der Waals surface area contributed by atoms with Gasteiger partial charge in [0.15, 0.2) is 0 Å². The number of aromatic hydroxyl groups is 1. The molecule has 1 unspecified atom stereocenters. The van der Waals surface area contributed by atoms with E-state index in [1.165, 1.54) is 6.47 Å². The Bertz CT molecular complexity index is 381. The molecule has 19 heavy (non-hydrogen) atoms. The van der Waals surface area contributed by atoms with Crippen LogP contribution in [0.25, 0.3) is 0 Å². The van der Waals surface area contributed by atoms with Crippen LogP contribution in [-0.4, -0.2) is 17.2 Å². The third kappa shape index (κ3) is 9.52. The molecular formula is C15H21LiO3-2. The van der Waals surface area contributed by atoms with Crippen LogP contribution in [0.1, 0.15) is 44.7 Å². The number of hydrogen-bond acceptors (Lipinski definition) is 3. The maximum atomic E-state index is 9.47. The molecule has 0 fully saturated rings. The Hall–Kier alpha value is -1.04. The molecule has 0 aliphatic rings. The first kappa shape index (κ1) is 20.3. The molecule has 1 rings (SSSR count). The van der Waals surface area contributed by atoms with Gasteiger partial charge >= 0.3 is 18.9 Å². The fourth-order valence-electron chi connectivity index (χ4n) is 1.20. The molecule has 0 aromatic heterocycles. The zero-order chi connectivity index (χ0) is 14.3. The Labute approximate surface area is 128 Å². The van der Waals surface area contributed by atoms with Crippen LogP contribution in [0.2, 0.25) is 0 Å². The summed E-state index contributed by atoms with van der Waals surface area (Å²) >= 11 is 0. The van der Waals surface area contributed by atoms with Gasteiger partial charge in [0.1, 0.15) is 0 Å². The molecule has 1 atom stereocenters. The number of benzene rings is 1. The molecule has 0 saturated carbocycles. The van der Waals surface area contributed by atoms with Crippen LogP contribution < -0.4 is 18.9 Å². The van der Waals surface area contributed by atoms with Crippen molar-refractivity contribution >= 4 is 6.47 Å². The zero-order valence-electron chi connectivity index (χ0n) is 12.5. The summed E-state index contributed by atoms with van der Waals surface area (Å²) in [7, 11) is 0. The summed E-state index contributed by atoms with van der Waals surface area (Å²) in [4.78, 5) is 9.47. The van der Waals surface area contributed by atoms with Crippen molar-refractivity contribution in [3.8, 4) is 5.75 Å². The van der Waals surface area contributed by atoms with Gasteiger partial charge in [-0.3, -0.25) is 0 Å². The van der Waals surface area contributed by atoms with E-state index < -0.39 is 0 Å². The van der Waals surface area contributed by atoms with Gasteiger partial charge in [-0.15, -0.1) is 12.1 Å². The maximum Gasteiger partial charge on any atom is 1.00 e. The molecular weight excluding hydrogens is 235 g/mol. The largest absolute Gasteiger partial charge is 1.00 e. The van der Waals surface area contributed by atoms with Crippen molar-refractivity contribution in [2.75, 3.05) is 0 Å². The average Bonchev–Trinajstić information content (AvgIpc) is 2.15. The van der Waals surface area contributed by atoms with Gasteiger partial charge in [-0.25, -0.2) is 0 Å².